The maximum absolute atomic E-state index is 9.58. The van der Waals surface area contributed by atoms with Gasteiger partial charge < -0.3 is 15.3 Å². The molecule has 0 radical (unpaired) electrons. The van der Waals surface area contributed by atoms with Crippen LogP contribution in [0.25, 0.3) is 11.3 Å². The van der Waals surface area contributed by atoms with Gasteiger partial charge in [-0.05, 0) is 25.1 Å². The van der Waals surface area contributed by atoms with Crippen LogP contribution in [0.3, 0.4) is 0 Å². The van der Waals surface area contributed by atoms with Gasteiger partial charge in [0.15, 0.2) is 5.89 Å². The van der Waals surface area contributed by atoms with E-state index >= 15 is 0 Å². The van der Waals surface area contributed by atoms with Crippen molar-refractivity contribution >= 4 is 0 Å². The van der Waals surface area contributed by atoms with Crippen LogP contribution in [0.15, 0.2) is 22.6 Å². The zero-order chi connectivity index (χ0) is 12.4. The van der Waals surface area contributed by atoms with Gasteiger partial charge >= 0.3 is 0 Å². The lowest BCUT2D eigenvalue weighted by Crippen LogP contribution is -1.97. The van der Waals surface area contributed by atoms with Crippen molar-refractivity contribution in [3.8, 4) is 17.0 Å². The Bertz CT molecular complexity index is 532. The minimum absolute atomic E-state index is 0.216. The molecular formula is C13H16N2O2. The molecular weight excluding hydrogens is 216 g/mol. The number of nitrogens with two attached hydrogens (primary N) is 1. The van der Waals surface area contributed by atoms with Crippen LogP contribution in [-0.4, -0.2) is 10.1 Å². The predicted molar refractivity (Wildman–Crippen MR) is 65.6 cm³/mol. The Kier molecular flexibility index (Phi) is 3.15. The normalized spacial score (nSPS) is 10.8. The summed E-state index contributed by atoms with van der Waals surface area (Å²) in [7, 11) is 0. The second kappa shape index (κ2) is 4.59. The fraction of sp³-hybridized carbons (Fsp3) is 0.308. The van der Waals surface area contributed by atoms with Crippen molar-refractivity contribution in [2.45, 2.75) is 26.8 Å². The lowest BCUT2D eigenvalue weighted by molar-refractivity contribution is 0.468. The van der Waals surface area contributed by atoms with E-state index in [-0.39, 0.29) is 5.75 Å². The van der Waals surface area contributed by atoms with Gasteiger partial charge in [0.1, 0.15) is 17.2 Å². The number of hydrogen-bond donors (Lipinski definition) is 2. The quantitative estimate of drug-likeness (QED) is 0.852. The maximum atomic E-state index is 9.58. The highest BCUT2D eigenvalue weighted by Gasteiger charge is 2.12. The van der Waals surface area contributed by atoms with E-state index in [4.69, 9.17) is 10.2 Å². The molecule has 0 fully saturated rings. The summed E-state index contributed by atoms with van der Waals surface area (Å²) in [5, 5.41) is 9.58. The van der Waals surface area contributed by atoms with Crippen molar-refractivity contribution in [3.05, 3.63) is 35.4 Å². The summed E-state index contributed by atoms with van der Waals surface area (Å²) in [6, 6.07) is 5.30. The highest BCUT2D eigenvalue weighted by atomic mass is 16.4. The van der Waals surface area contributed by atoms with Crippen LogP contribution in [0, 0.1) is 6.92 Å². The number of phenolic OH excluding ortho intramolecular Hbond substituents is 1. The highest BCUT2D eigenvalue weighted by Crippen LogP contribution is 2.28. The molecule has 0 unspecified atom stereocenters. The van der Waals surface area contributed by atoms with Crippen LogP contribution in [0.2, 0.25) is 0 Å². The summed E-state index contributed by atoms with van der Waals surface area (Å²) in [4.78, 5) is 4.41. The van der Waals surface area contributed by atoms with Gasteiger partial charge in [-0.15, -0.1) is 0 Å². The zero-order valence-corrected chi connectivity index (χ0v) is 10.0. The predicted octanol–water partition coefficient (Wildman–Crippen LogP) is 2.38. The Balaban J connectivity index is 2.48. The number of aromatic nitrogens is 1. The summed E-state index contributed by atoms with van der Waals surface area (Å²) < 4.78 is 5.52. The van der Waals surface area contributed by atoms with Gasteiger partial charge in [-0.1, -0.05) is 6.92 Å². The fourth-order valence-corrected chi connectivity index (χ4v) is 1.77. The smallest absolute Gasteiger partial charge is 0.194 e. The molecule has 4 nitrogen and oxygen atoms in total. The van der Waals surface area contributed by atoms with Crippen LogP contribution in [-0.2, 0) is 13.0 Å². The minimum atomic E-state index is 0.216. The first-order chi connectivity index (χ1) is 8.15. The third-order valence-electron chi connectivity index (χ3n) is 2.72. The molecule has 2 rings (SSSR count). The van der Waals surface area contributed by atoms with Crippen molar-refractivity contribution in [2.75, 3.05) is 0 Å². The molecule has 0 saturated heterocycles. The van der Waals surface area contributed by atoms with E-state index in [0.717, 1.165) is 29.3 Å². The number of benzene rings is 1. The third kappa shape index (κ3) is 2.17. The van der Waals surface area contributed by atoms with Crippen molar-refractivity contribution in [3.63, 3.8) is 0 Å². The van der Waals surface area contributed by atoms with E-state index < -0.39 is 0 Å². The van der Waals surface area contributed by atoms with Gasteiger partial charge in [0, 0.05) is 24.1 Å². The number of phenols is 1. The molecule has 1 aromatic heterocycles. The highest BCUT2D eigenvalue weighted by molar-refractivity contribution is 5.63. The van der Waals surface area contributed by atoms with Crippen molar-refractivity contribution in [1.29, 1.82) is 0 Å². The molecule has 90 valence electrons. The molecule has 17 heavy (non-hydrogen) atoms. The maximum Gasteiger partial charge on any atom is 0.194 e. The fourth-order valence-electron chi connectivity index (χ4n) is 1.77. The molecule has 1 aromatic carbocycles. The van der Waals surface area contributed by atoms with E-state index in [1.54, 1.807) is 6.07 Å². The van der Waals surface area contributed by atoms with E-state index in [1.165, 1.54) is 0 Å². The van der Waals surface area contributed by atoms with Gasteiger partial charge in [-0.3, -0.25) is 0 Å². The standard InChI is InChI=1S/C13H16N2O2/c1-3-12-15-13(8(2)17-12)9-4-5-11(16)10(6-9)7-14/h4-6,16H,3,7,14H2,1-2H3. The number of aromatic hydroxyl groups is 1. The van der Waals surface area contributed by atoms with Crippen LogP contribution >= 0.6 is 0 Å². The summed E-state index contributed by atoms with van der Waals surface area (Å²) in [6.45, 7) is 4.19. The van der Waals surface area contributed by atoms with Gasteiger partial charge in [-0.2, -0.15) is 0 Å². The molecule has 0 amide bonds. The molecule has 0 saturated carbocycles. The lowest BCUT2D eigenvalue weighted by Gasteiger charge is -2.04. The number of rotatable bonds is 3. The number of aryl methyl sites for hydroxylation is 2. The molecule has 4 heteroatoms. The second-order valence-corrected chi connectivity index (χ2v) is 3.91. The molecule has 3 N–H and O–H groups in total. The van der Waals surface area contributed by atoms with Gasteiger partial charge in [0.05, 0.1) is 0 Å². The largest absolute Gasteiger partial charge is 0.508 e. The van der Waals surface area contributed by atoms with E-state index in [2.05, 4.69) is 4.98 Å². The van der Waals surface area contributed by atoms with Gasteiger partial charge in [0.25, 0.3) is 0 Å². The average Bonchev–Trinajstić information content (AvgIpc) is 2.71. The first-order valence-corrected chi connectivity index (χ1v) is 5.64. The van der Waals surface area contributed by atoms with E-state index in [9.17, 15) is 5.11 Å². The Hall–Kier alpha value is -1.81. The van der Waals surface area contributed by atoms with E-state index in [0.29, 0.717) is 12.1 Å². The van der Waals surface area contributed by atoms with Gasteiger partial charge in [0.2, 0.25) is 0 Å². The topological polar surface area (TPSA) is 72.3 Å². The second-order valence-electron chi connectivity index (χ2n) is 3.91. The van der Waals surface area contributed by atoms with Crippen molar-refractivity contribution in [2.24, 2.45) is 5.73 Å². The molecule has 2 aromatic rings. The van der Waals surface area contributed by atoms with Crippen LogP contribution < -0.4 is 5.73 Å². The zero-order valence-electron chi connectivity index (χ0n) is 10.0. The van der Waals surface area contributed by atoms with E-state index in [1.807, 2.05) is 26.0 Å². The first kappa shape index (κ1) is 11.7. The van der Waals surface area contributed by atoms with Crippen molar-refractivity contribution < 1.29 is 9.52 Å². The summed E-state index contributed by atoms with van der Waals surface area (Å²) in [5.74, 6) is 1.73. The first-order valence-electron chi connectivity index (χ1n) is 5.64. The molecule has 0 atom stereocenters. The number of nitrogens with zero attached hydrogens (tertiary/aromatic N) is 1. The molecule has 0 aliphatic rings. The molecule has 1 heterocycles. The summed E-state index contributed by atoms with van der Waals surface area (Å²) >= 11 is 0. The number of oxazole rings is 1. The Morgan fingerprint density at radius 1 is 1.41 bits per heavy atom. The summed E-state index contributed by atoms with van der Waals surface area (Å²) in [5.41, 5.74) is 8.01. The Morgan fingerprint density at radius 2 is 2.18 bits per heavy atom. The monoisotopic (exact) mass is 232 g/mol. The Labute approximate surface area is 100 Å². The molecule has 0 aliphatic heterocycles. The molecule has 0 bridgehead atoms. The SMILES string of the molecule is CCc1nc(-c2ccc(O)c(CN)c2)c(C)o1. The van der Waals surface area contributed by atoms with Crippen molar-refractivity contribution in [1.82, 2.24) is 4.98 Å². The Morgan fingerprint density at radius 3 is 2.76 bits per heavy atom. The minimum Gasteiger partial charge on any atom is -0.508 e. The number of hydrogen-bond acceptors (Lipinski definition) is 4. The molecule has 0 spiro atoms. The summed E-state index contributed by atoms with van der Waals surface area (Å²) in [6.07, 6.45) is 0.767. The van der Waals surface area contributed by atoms with Crippen LogP contribution in [0.5, 0.6) is 5.75 Å². The molecule has 0 aliphatic carbocycles. The van der Waals surface area contributed by atoms with Gasteiger partial charge in [-0.25, -0.2) is 4.98 Å². The third-order valence-corrected chi connectivity index (χ3v) is 2.72. The average molecular weight is 232 g/mol. The lowest BCUT2D eigenvalue weighted by atomic mass is 10.1. The van der Waals surface area contributed by atoms with Crippen LogP contribution in [0.1, 0.15) is 24.1 Å². The van der Waals surface area contributed by atoms with Crippen LogP contribution in [0.4, 0.5) is 0 Å².